The molecule has 0 saturated heterocycles. The normalized spacial score (nSPS) is 10.2. The summed E-state index contributed by atoms with van der Waals surface area (Å²) in [5.74, 6) is 1.78. The van der Waals surface area contributed by atoms with Crippen LogP contribution in [-0.4, -0.2) is 22.3 Å². The second kappa shape index (κ2) is 7.61. The van der Waals surface area contributed by atoms with Crippen LogP contribution in [-0.2, 0) is 6.54 Å². The van der Waals surface area contributed by atoms with Gasteiger partial charge in [0.15, 0.2) is 5.82 Å². The molecule has 0 aliphatic heterocycles. The van der Waals surface area contributed by atoms with Gasteiger partial charge in [0, 0.05) is 12.1 Å². The Balaban J connectivity index is 1.70. The highest BCUT2D eigenvalue weighted by atomic mass is 35.5. The van der Waals surface area contributed by atoms with Crippen molar-refractivity contribution in [3.63, 3.8) is 0 Å². The maximum absolute atomic E-state index is 6.13. The van der Waals surface area contributed by atoms with Crippen LogP contribution < -0.4 is 15.4 Å². The molecule has 3 aromatic rings. The number of hydrogen-bond donors (Lipinski definition) is 2. The molecule has 1 aromatic heterocycles. The van der Waals surface area contributed by atoms with Gasteiger partial charge in [-0.25, -0.2) is 0 Å². The Kier molecular flexibility index (Phi) is 5.08. The van der Waals surface area contributed by atoms with E-state index in [2.05, 4.69) is 25.8 Å². The topological polar surface area (TPSA) is 72.0 Å². The number of anilines is 3. The standard InChI is InChI=1S/C17H16ClN5O/c1-24-15-9-5-2-6-12(15)10-19-17-22-16(11-20-23-17)21-14-8-4-3-7-13(14)18/h2-9,11H,10H2,1H3,(H2,19,21,22,23). The highest BCUT2D eigenvalue weighted by molar-refractivity contribution is 6.33. The van der Waals surface area contributed by atoms with Crippen LogP contribution in [0.25, 0.3) is 0 Å². The lowest BCUT2D eigenvalue weighted by Gasteiger charge is -2.10. The molecule has 24 heavy (non-hydrogen) atoms. The van der Waals surface area contributed by atoms with E-state index < -0.39 is 0 Å². The first-order chi connectivity index (χ1) is 11.8. The fourth-order valence-corrected chi connectivity index (χ4v) is 2.35. The molecule has 0 amide bonds. The Bertz CT molecular complexity index is 827. The Hall–Kier alpha value is -2.86. The van der Waals surface area contributed by atoms with Crippen molar-refractivity contribution in [3.05, 3.63) is 65.3 Å². The average Bonchev–Trinajstić information content (AvgIpc) is 2.62. The molecule has 2 N–H and O–H groups in total. The molecular weight excluding hydrogens is 326 g/mol. The maximum Gasteiger partial charge on any atom is 0.244 e. The van der Waals surface area contributed by atoms with Gasteiger partial charge in [-0.2, -0.15) is 10.1 Å². The molecule has 0 aliphatic carbocycles. The van der Waals surface area contributed by atoms with Gasteiger partial charge in [0.1, 0.15) is 5.75 Å². The second-order valence-corrected chi connectivity index (χ2v) is 5.34. The highest BCUT2D eigenvalue weighted by Gasteiger charge is 2.05. The van der Waals surface area contributed by atoms with Crippen molar-refractivity contribution in [2.45, 2.75) is 6.54 Å². The summed E-state index contributed by atoms with van der Waals surface area (Å²) < 4.78 is 5.33. The van der Waals surface area contributed by atoms with Gasteiger partial charge in [0.05, 0.1) is 24.0 Å². The number of methoxy groups -OCH3 is 1. The predicted molar refractivity (Wildman–Crippen MR) is 94.9 cm³/mol. The van der Waals surface area contributed by atoms with Gasteiger partial charge in [0.25, 0.3) is 0 Å². The average molecular weight is 342 g/mol. The Labute approximate surface area is 144 Å². The van der Waals surface area contributed by atoms with Crippen LogP contribution in [0.2, 0.25) is 5.02 Å². The summed E-state index contributed by atoms with van der Waals surface area (Å²) in [5.41, 5.74) is 1.77. The van der Waals surface area contributed by atoms with Crippen molar-refractivity contribution >= 4 is 29.1 Å². The third kappa shape index (κ3) is 3.91. The third-order valence-electron chi connectivity index (χ3n) is 3.32. The minimum atomic E-state index is 0.415. The molecule has 0 spiro atoms. The molecule has 1 heterocycles. The molecule has 6 nitrogen and oxygen atoms in total. The van der Waals surface area contributed by atoms with E-state index in [4.69, 9.17) is 16.3 Å². The number of nitrogens with zero attached hydrogens (tertiary/aromatic N) is 3. The summed E-state index contributed by atoms with van der Waals surface area (Å²) in [6, 6.07) is 15.2. The zero-order valence-electron chi connectivity index (χ0n) is 13.0. The van der Waals surface area contributed by atoms with E-state index in [-0.39, 0.29) is 0 Å². The van der Waals surface area contributed by atoms with Crippen molar-refractivity contribution < 1.29 is 4.74 Å². The van der Waals surface area contributed by atoms with E-state index in [1.54, 1.807) is 13.2 Å². The first-order valence-corrected chi connectivity index (χ1v) is 7.71. The van der Waals surface area contributed by atoms with Gasteiger partial charge >= 0.3 is 0 Å². The van der Waals surface area contributed by atoms with E-state index in [0.29, 0.717) is 23.3 Å². The number of nitrogens with one attached hydrogen (secondary N) is 2. The third-order valence-corrected chi connectivity index (χ3v) is 3.65. The molecule has 0 aliphatic rings. The lowest BCUT2D eigenvalue weighted by Crippen LogP contribution is -2.07. The van der Waals surface area contributed by atoms with E-state index in [1.165, 1.54) is 6.20 Å². The SMILES string of the molecule is COc1ccccc1CNc1nncc(Nc2ccccc2Cl)n1. The number of ether oxygens (including phenoxy) is 1. The van der Waals surface area contributed by atoms with Crippen molar-refractivity contribution in [3.8, 4) is 5.75 Å². The lowest BCUT2D eigenvalue weighted by atomic mass is 10.2. The zero-order chi connectivity index (χ0) is 16.8. The molecule has 0 bridgehead atoms. The van der Waals surface area contributed by atoms with Crippen molar-refractivity contribution in [2.75, 3.05) is 17.7 Å². The zero-order valence-corrected chi connectivity index (χ0v) is 13.8. The molecular formula is C17H16ClN5O. The number of para-hydroxylation sites is 2. The summed E-state index contributed by atoms with van der Waals surface area (Å²) in [6.45, 7) is 0.529. The monoisotopic (exact) mass is 341 g/mol. The summed E-state index contributed by atoms with van der Waals surface area (Å²) in [6.07, 6.45) is 1.54. The van der Waals surface area contributed by atoms with Crippen molar-refractivity contribution in [1.29, 1.82) is 0 Å². The minimum absolute atomic E-state index is 0.415. The second-order valence-electron chi connectivity index (χ2n) is 4.94. The number of hydrogen-bond acceptors (Lipinski definition) is 6. The van der Waals surface area contributed by atoms with Crippen LogP contribution in [0.5, 0.6) is 5.75 Å². The Morgan fingerprint density at radius 2 is 1.88 bits per heavy atom. The van der Waals surface area contributed by atoms with Gasteiger partial charge in [-0.1, -0.05) is 41.9 Å². The Morgan fingerprint density at radius 1 is 1.08 bits per heavy atom. The van der Waals surface area contributed by atoms with Gasteiger partial charge in [-0.05, 0) is 18.2 Å². The van der Waals surface area contributed by atoms with E-state index in [1.807, 2.05) is 42.5 Å². The van der Waals surface area contributed by atoms with Crippen molar-refractivity contribution in [1.82, 2.24) is 15.2 Å². The van der Waals surface area contributed by atoms with E-state index >= 15 is 0 Å². The first-order valence-electron chi connectivity index (χ1n) is 7.33. The molecule has 0 radical (unpaired) electrons. The number of benzene rings is 2. The highest BCUT2D eigenvalue weighted by Crippen LogP contribution is 2.24. The van der Waals surface area contributed by atoms with Crippen LogP contribution in [0.3, 0.4) is 0 Å². The molecule has 3 rings (SSSR count). The molecule has 0 unspecified atom stereocenters. The number of rotatable bonds is 6. The number of aromatic nitrogens is 3. The van der Waals surface area contributed by atoms with Crippen LogP contribution >= 0.6 is 11.6 Å². The first kappa shape index (κ1) is 16.0. The lowest BCUT2D eigenvalue weighted by molar-refractivity contribution is 0.410. The molecule has 7 heteroatoms. The smallest absolute Gasteiger partial charge is 0.244 e. The molecule has 122 valence electrons. The fourth-order valence-electron chi connectivity index (χ4n) is 2.16. The minimum Gasteiger partial charge on any atom is -0.496 e. The Morgan fingerprint density at radius 3 is 2.71 bits per heavy atom. The van der Waals surface area contributed by atoms with Crippen LogP contribution in [0.15, 0.2) is 54.7 Å². The summed E-state index contributed by atoms with van der Waals surface area (Å²) in [4.78, 5) is 4.38. The largest absolute Gasteiger partial charge is 0.496 e. The number of halogens is 1. The summed E-state index contributed by atoms with van der Waals surface area (Å²) >= 11 is 6.13. The van der Waals surface area contributed by atoms with E-state index in [0.717, 1.165) is 17.0 Å². The van der Waals surface area contributed by atoms with Crippen LogP contribution in [0, 0.1) is 0 Å². The summed E-state index contributed by atoms with van der Waals surface area (Å²) in [7, 11) is 1.64. The summed E-state index contributed by atoms with van der Waals surface area (Å²) in [5, 5.41) is 14.8. The molecule has 0 fully saturated rings. The van der Waals surface area contributed by atoms with Gasteiger partial charge in [-0.15, -0.1) is 5.10 Å². The molecule has 0 saturated carbocycles. The molecule has 2 aromatic carbocycles. The fraction of sp³-hybridized carbons (Fsp3) is 0.118. The van der Waals surface area contributed by atoms with Crippen LogP contribution in [0.4, 0.5) is 17.5 Å². The van der Waals surface area contributed by atoms with Crippen LogP contribution in [0.1, 0.15) is 5.56 Å². The van der Waals surface area contributed by atoms with Crippen molar-refractivity contribution in [2.24, 2.45) is 0 Å². The quantitative estimate of drug-likeness (QED) is 0.708. The van der Waals surface area contributed by atoms with Gasteiger partial charge in [-0.3, -0.25) is 0 Å². The van der Waals surface area contributed by atoms with E-state index in [9.17, 15) is 0 Å². The van der Waals surface area contributed by atoms with Gasteiger partial charge in [0.2, 0.25) is 5.95 Å². The molecule has 0 atom stereocenters. The predicted octanol–water partition coefficient (Wildman–Crippen LogP) is 3.89. The van der Waals surface area contributed by atoms with Gasteiger partial charge < -0.3 is 15.4 Å². The maximum atomic E-state index is 6.13.